The maximum atomic E-state index is 11.9. The number of anilines is 1. The minimum atomic E-state index is -0.329. The first-order chi connectivity index (χ1) is 10.7. The van der Waals surface area contributed by atoms with E-state index in [-0.39, 0.29) is 11.9 Å². The first-order valence-corrected chi connectivity index (χ1v) is 8.16. The number of ether oxygens (including phenoxy) is 1. The Bertz CT molecular complexity index is 605. The Kier molecular flexibility index (Phi) is 6.15. The number of hydrogen-bond donors (Lipinski definition) is 1. The highest BCUT2D eigenvalue weighted by molar-refractivity contribution is 7.10. The van der Waals surface area contributed by atoms with Crippen molar-refractivity contribution in [3.8, 4) is 0 Å². The summed E-state index contributed by atoms with van der Waals surface area (Å²) in [5, 5.41) is 4.76. The first-order valence-electron chi connectivity index (χ1n) is 7.28. The molecule has 0 atom stereocenters. The van der Waals surface area contributed by atoms with E-state index >= 15 is 0 Å². The lowest BCUT2D eigenvalue weighted by molar-refractivity contribution is -0.115. The van der Waals surface area contributed by atoms with Crippen LogP contribution in [-0.4, -0.2) is 18.5 Å². The van der Waals surface area contributed by atoms with Gasteiger partial charge in [0.25, 0.3) is 0 Å². The predicted octanol–water partition coefficient (Wildman–Crippen LogP) is 3.89. The van der Waals surface area contributed by atoms with Gasteiger partial charge >= 0.3 is 5.97 Å². The largest absolute Gasteiger partial charge is 0.462 e. The summed E-state index contributed by atoms with van der Waals surface area (Å²) >= 11 is 1.56. The number of carbonyl (C=O) groups is 2. The first kappa shape index (κ1) is 16.2. The fourth-order valence-electron chi connectivity index (χ4n) is 1.86. The maximum absolute atomic E-state index is 11.9. The molecule has 0 saturated carbocycles. The molecular formula is C17H19NO3S. The Morgan fingerprint density at radius 1 is 1.18 bits per heavy atom. The van der Waals surface area contributed by atoms with E-state index in [4.69, 9.17) is 4.74 Å². The molecule has 2 rings (SSSR count). The van der Waals surface area contributed by atoms with Crippen LogP contribution in [0.2, 0.25) is 0 Å². The lowest BCUT2D eigenvalue weighted by Crippen LogP contribution is -2.14. The van der Waals surface area contributed by atoms with Gasteiger partial charge in [-0.15, -0.1) is 11.3 Å². The third-order valence-electron chi connectivity index (χ3n) is 3.05. The molecule has 0 fully saturated rings. The van der Waals surface area contributed by atoms with Crippen molar-refractivity contribution in [3.63, 3.8) is 0 Å². The summed E-state index contributed by atoms with van der Waals surface area (Å²) in [6.45, 7) is 2.48. The average molecular weight is 317 g/mol. The molecule has 0 saturated heterocycles. The summed E-state index contributed by atoms with van der Waals surface area (Å²) in [7, 11) is 0. The van der Waals surface area contributed by atoms with Crippen LogP contribution in [0.5, 0.6) is 0 Å². The SMILES string of the molecule is CCCCOC(=O)c1ccc(NC(=O)Cc2cccs2)cc1. The highest BCUT2D eigenvalue weighted by Crippen LogP contribution is 2.13. The molecule has 0 bridgehead atoms. The zero-order valence-corrected chi connectivity index (χ0v) is 13.3. The van der Waals surface area contributed by atoms with Gasteiger partial charge in [0, 0.05) is 10.6 Å². The second-order valence-corrected chi connectivity index (χ2v) is 5.90. The van der Waals surface area contributed by atoms with Crippen molar-refractivity contribution < 1.29 is 14.3 Å². The summed E-state index contributed by atoms with van der Waals surface area (Å²) in [6, 6.07) is 10.6. The lowest BCUT2D eigenvalue weighted by atomic mass is 10.2. The van der Waals surface area contributed by atoms with Gasteiger partial charge in [0.05, 0.1) is 18.6 Å². The second kappa shape index (κ2) is 8.34. The quantitative estimate of drug-likeness (QED) is 0.622. The number of hydrogen-bond acceptors (Lipinski definition) is 4. The number of nitrogens with one attached hydrogen (secondary N) is 1. The van der Waals surface area contributed by atoms with E-state index in [2.05, 4.69) is 5.32 Å². The van der Waals surface area contributed by atoms with Crippen molar-refractivity contribution in [1.29, 1.82) is 0 Å². The molecule has 5 heteroatoms. The number of unbranched alkanes of at least 4 members (excludes halogenated alkanes) is 1. The van der Waals surface area contributed by atoms with Crippen molar-refractivity contribution in [1.82, 2.24) is 0 Å². The van der Waals surface area contributed by atoms with E-state index in [1.54, 1.807) is 35.6 Å². The Labute approximate surface area is 134 Å². The van der Waals surface area contributed by atoms with Crippen LogP contribution < -0.4 is 5.32 Å². The van der Waals surface area contributed by atoms with Crippen LogP contribution in [0.25, 0.3) is 0 Å². The highest BCUT2D eigenvalue weighted by Gasteiger charge is 2.08. The van der Waals surface area contributed by atoms with Crippen LogP contribution >= 0.6 is 11.3 Å². The van der Waals surface area contributed by atoms with Crippen LogP contribution in [0.1, 0.15) is 35.0 Å². The van der Waals surface area contributed by atoms with E-state index in [1.165, 1.54) is 0 Å². The number of rotatable bonds is 7. The van der Waals surface area contributed by atoms with Gasteiger partial charge in [0.1, 0.15) is 0 Å². The van der Waals surface area contributed by atoms with Crippen LogP contribution in [0, 0.1) is 0 Å². The molecule has 2 aromatic rings. The molecule has 0 aliphatic rings. The van der Waals surface area contributed by atoms with Crippen LogP contribution in [-0.2, 0) is 16.0 Å². The fourth-order valence-corrected chi connectivity index (χ4v) is 2.56. The van der Waals surface area contributed by atoms with Crippen molar-refractivity contribution in [3.05, 3.63) is 52.2 Å². The van der Waals surface area contributed by atoms with Crippen LogP contribution in [0.15, 0.2) is 41.8 Å². The van der Waals surface area contributed by atoms with Gasteiger partial charge in [-0.05, 0) is 42.1 Å². The number of benzene rings is 1. The Morgan fingerprint density at radius 2 is 1.95 bits per heavy atom. The topological polar surface area (TPSA) is 55.4 Å². The molecule has 0 radical (unpaired) electrons. The van der Waals surface area contributed by atoms with Crippen molar-refractivity contribution in [2.75, 3.05) is 11.9 Å². The molecule has 1 amide bonds. The Balaban J connectivity index is 1.86. The summed E-state index contributed by atoms with van der Waals surface area (Å²) in [5.74, 6) is -0.398. The number of carbonyl (C=O) groups excluding carboxylic acids is 2. The third kappa shape index (κ3) is 5.00. The zero-order valence-electron chi connectivity index (χ0n) is 12.5. The minimum absolute atomic E-state index is 0.0688. The highest BCUT2D eigenvalue weighted by atomic mass is 32.1. The molecule has 1 aromatic carbocycles. The Morgan fingerprint density at radius 3 is 2.59 bits per heavy atom. The molecule has 1 aromatic heterocycles. The zero-order chi connectivity index (χ0) is 15.8. The molecule has 1 N–H and O–H groups in total. The van der Waals surface area contributed by atoms with Crippen LogP contribution in [0.4, 0.5) is 5.69 Å². The molecule has 0 unspecified atom stereocenters. The fraction of sp³-hybridized carbons (Fsp3) is 0.294. The van der Waals surface area contributed by atoms with Gasteiger partial charge in [0.2, 0.25) is 5.91 Å². The van der Waals surface area contributed by atoms with E-state index in [9.17, 15) is 9.59 Å². The number of esters is 1. The molecule has 22 heavy (non-hydrogen) atoms. The maximum Gasteiger partial charge on any atom is 0.338 e. The number of amides is 1. The molecule has 1 heterocycles. The number of thiophene rings is 1. The average Bonchev–Trinajstić information content (AvgIpc) is 3.01. The minimum Gasteiger partial charge on any atom is -0.462 e. The smallest absolute Gasteiger partial charge is 0.338 e. The van der Waals surface area contributed by atoms with Crippen molar-refractivity contribution in [2.24, 2.45) is 0 Å². The Hall–Kier alpha value is -2.14. The van der Waals surface area contributed by atoms with E-state index < -0.39 is 0 Å². The van der Waals surface area contributed by atoms with Gasteiger partial charge < -0.3 is 10.1 Å². The molecule has 0 spiro atoms. The molecule has 4 nitrogen and oxygen atoms in total. The summed E-state index contributed by atoms with van der Waals surface area (Å²) < 4.78 is 5.13. The van der Waals surface area contributed by atoms with Gasteiger partial charge in [-0.1, -0.05) is 19.4 Å². The molecule has 116 valence electrons. The molecule has 0 aliphatic carbocycles. The van der Waals surface area contributed by atoms with E-state index in [0.717, 1.165) is 17.7 Å². The lowest BCUT2D eigenvalue weighted by Gasteiger charge is -2.06. The van der Waals surface area contributed by atoms with Gasteiger partial charge in [-0.2, -0.15) is 0 Å². The monoisotopic (exact) mass is 317 g/mol. The van der Waals surface area contributed by atoms with Gasteiger partial charge in [-0.3, -0.25) is 4.79 Å². The van der Waals surface area contributed by atoms with Crippen molar-refractivity contribution in [2.45, 2.75) is 26.2 Å². The molecule has 0 aliphatic heterocycles. The normalized spacial score (nSPS) is 10.2. The molecular weight excluding hydrogens is 298 g/mol. The van der Waals surface area contributed by atoms with Crippen LogP contribution in [0.3, 0.4) is 0 Å². The predicted molar refractivity (Wildman–Crippen MR) is 88.3 cm³/mol. The van der Waals surface area contributed by atoms with Crippen molar-refractivity contribution >= 4 is 28.9 Å². The van der Waals surface area contributed by atoms with E-state index in [0.29, 0.717) is 24.3 Å². The standard InChI is InChI=1S/C17H19NO3S/c1-2-3-10-21-17(20)13-6-8-14(9-7-13)18-16(19)12-15-5-4-11-22-15/h4-9,11H,2-3,10,12H2,1H3,(H,18,19). The summed E-state index contributed by atoms with van der Waals surface area (Å²) in [5.41, 5.74) is 1.17. The van der Waals surface area contributed by atoms with Gasteiger partial charge in [-0.25, -0.2) is 4.79 Å². The second-order valence-electron chi connectivity index (χ2n) is 4.87. The summed E-state index contributed by atoms with van der Waals surface area (Å²) in [6.07, 6.45) is 2.21. The van der Waals surface area contributed by atoms with E-state index in [1.807, 2.05) is 24.4 Å². The summed E-state index contributed by atoms with van der Waals surface area (Å²) in [4.78, 5) is 24.7. The van der Waals surface area contributed by atoms with Gasteiger partial charge in [0.15, 0.2) is 0 Å². The third-order valence-corrected chi connectivity index (χ3v) is 3.93.